The summed E-state index contributed by atoms with van der Waals surface area (Å²) in [7, 11) is -0.905. The molecule has 2 unspecified atom stereocenters. The largest absolute Gasteiger partial charge is 0.377 e. The van der Waals surface area contributed by atoms with Crippen molar-refractivity contribution in [3.63, 3.8) is 0 Å². The second-order valence-corrected chi connectivity index (χ2v) is 5.70. The predicted octanol–water partition coefficient (Wildman–Crippen LogP) is 1.99. The third kappa shape index (κ3) is 3.65. The molecule has 4 heteroatoms. The molecular formula is C13H15NO2S. The Morgan fingerprint density at radius 3 is 3.12 bits per heavy atom. The molecule has 0 N–H and O–H groups in total. The van der Waals surface area contributed by atoms with Gasteiger partial charge in [-0.3, -0.25) is 4.21 Å². The number of ether oxygens (including phenoxy) is 1. The van der Waals surface area contributed by atoms with Gasteiger partial charge in [0.1, 0.15) is 0 Å². The van der Waals surface area contributed by atoms with E-state index in [1.807, 2.05) is 12.1 Å². The van der Waals surface area contributed by atoms with E-state index in [1.54, 1.807) is 12.1 Å². The van der Waals surface area contributed by atoms with Gasteiger partial charge in [-0.2, -0.15) is 5.26 Å². The van der Waals surface area contributed by atoms with E-state index >= 15 is 0 Å². The van der Waals surface area contributed by atoms with E-state index in [2.05, 4.69) is 6.07 Å². The second-order valence-electron chi connectivity index (χ2n) is 4.20. The lowest BCUT2D eigenvalue weighted by molar-refractivity contribution is 0.128. The highest BCUT2D eigenvalue weighted by Crippen LogP contribution is 2.15. The molecule has 0 radical (unpaired) electrons. The second kappa shape index (κ2) is 5.95. The van der Waals surface area contributed by atoms with E-state index in [9.17, 15) is 4.21 Å². The van der Waals surface area contributed by atoms with Crippen molar-refractivity contribution in [1.82, 2.24) is 0 Å². The fourth-order valence-corrected chi connectivity index (χ4v) is 3.31. The maximum atomic E-state index is 11.9. The van der Waals surface area contributed by atoms with Crippen molar-refractivity contribution < 1.29 is 8.95 Å². The standard InChI is InChI=1S/C13H15NO2S/c14-8-11-3-1-4-12(7-11)9-17(15)10-13-5-2-6-16-13/h1,3-4,7,13H,2,5-6,9-10H2. The Kier molecular flexibility index (Phi) is 4.29. The first-order valence-electron chi connectivity index (χ1n) is 5.73. The van der Waals surface area contributed by atoms with Gasteiger partial charge in [0, 0.05) is 23.2 Å². The molecule has 1 fully saturated rings. The van der Waals surface area contributed by atoms with Crippen LogP contribution in [0.5, 0.6) is 0 Å². The van der Waals surface area contributed by atoms with Crippen molar-refractivity contribution in [3.05, 3.63) is 35.4 Å². The van der Waals surface area contributed by atoms with Gasteiger partial charge in [-0.15, -0.1) is 0 Å². The SMILES string of the molecule is N#Cc1cccc(CS(=O)CC2CCCO2)c1. The van der Waals surface area contributed by atoms with Gasteiger partial charge in [-0.1, -0.05) is 12.1 Å². The van der Waals surface area contributed by atoms with Gasteiger partial charge >= 0.3 is 0 Å². The maximum Gasteiger partial charge on any atom is 0.0991 e. The minimum absolute atomic E-state index is 0.162. The molecule has 1 aromatic carbocycles. The van der Waals surface area contributed by atoms with Crippen LogP contribution in [0, 0.1) is 11.3 Å². The van der Waals surface area contributed by atoms with Crippen molar-refractivity contribution >= 4 is 10.8 Å². The quantitative estimate of drug-likeness (QED) is 0.820. The van der Waals surface area contributed by atoms with Gasteiger partial charge in [0.05, 0.1) is 23.5 Å². The molecule has 0 spiro atoms. The lowest BCUT2D eigenvalue weighted by Gasteiger charge is -2.08. The summed E-state index contributed by atoms with van der Waals surface area (Å²) in [6, 6.07) is 9.39. The number of hydrogen-bond acceptors (Lipinski definition) is 3. The molecule has 0 amide bonds. The van der Waals surface area contributed by atoms with E-state index in [0.29, 0.717) is 17.1 Å². The van der Waals surface area contributed by atoms with Gasteiger partial charge in [-0.05, 0) is 30.5 Å². The van der Waals surface area contributed by atoms with Crippen LogP contribution in [0.2, 0.25) is 0 Å². The number of benzene rings is 1. The predicted molar refractivity (Wildman–Crippen MR) is 66.8 cm³/mol. The number of hydrogen-bond donors (Lipinski definition) is 0. The summed E-state index contributed by atoms with van der Waals surface area (Å²) in [5.74, 6) is 1.12. The van der Waals surface area contributed by atoms with Gasteiger partial charge in [0.2, 0.25) is 0 Å². The third-order valence-corrected chi connectivity index (χ3v) is 4.18. The van der Waals surface area contributed by atoms with Crippen LogP contribution in [-0.2, 0) is 21.3 Å². The summed E-state index contributed by atoms with van der Waals surface area (Å²) in [6.45, 7) is 0.797. The van der Waals surface area contributed by atoms with E-state index in [0.717, 1.165) is 25.0 Å². The van der Waals surface area contributed by atoms with Gasteiger partial charge in [-0.25, -0.2) is 0 Å². The van der Waals surface area contributed by atoms with Gasteiger partial charge in [0.15, 0.2) is 0 Å². The Hall–Kier alpha value is -1.18. The van der Waals surface area contributed by atoms with Crippen LogP contribution in [0.1, 0.15) is 24.0 Å². The lowest BCUT2D eigenvalue weighted by Crippen LogP contribution is -2.16. The van der Waals surface area contributed by atoms with Crippen molar-refractivity contribution in [2.75, 3.05) is 12.4 Å². The van der Waals surface area contributed by atoms with E-state index in [1.165, 1.54) is 0 Å². The van der Waals surface area contributed by atoms with Crippen LogP contribution in [0.15, 0.2) is 24.3 Å². The highest BCUT2D eigenvalue weighted by Gasteiger charge is 2.18. The Morgan fingerprint density at radius 2 is 2.41 bits per heavy atom. The molecule has 0 aromatic heterocycles. The topological polar surface area (TPSA) is 50.1 Å². The first kappa shape index (κ1) is 12.3. The molecule has 2 rings (SSSR count). The molecule has 1 aromatic rings. The van der Waals surface area contributed by atoms with Crippen LogP contribution >= 0.6 is 0 Å². The molecule has 1 aliphatic heterocycles. The molecule has 0 aliphatic carbocycles. The van der Waals surface area contributed by atoms with Crippen molar-refractivity contribution in [2.45, 2.75) is 24.7 Å². The van der Waals surface area contributed by atoms with Crippen LogP contribution in [0.3, 0.4) is 0 Å². The monoisotopic (exact) mass is 249 g/mol. The Morgan fingerprint density at radius 1 is 1.53 bits per heavy atom. The average Bonchev–Trinajstić information content (AvgIpc) is 2.82. The molecule has 1 saturated heterocycles. The van der Waals surface area contributed by atoms with E-state index in [4.69, 9.17) is 10.00 Å². The molecule has 0 saturated carbocycles. The minimum atomic E-state index is -0.905. The Bertz CT molecular complexity index is 447. The summed E-state index contributed by atoms with van der Waals surface area (Å²) >= 11 is 0. The highest BCUT2D eigenvalue weighted by atomic mass is 32.2. The van der Waals surface area contributed by atoms with Gasteiger partial charge < -0.3 is 4.74 Å². The molecule has 0 bridgehead atoms. The molecule has 1 aliphatic rings. The fraction of sp³-hybridized carbons (Fsp3) is 0.462. The van der Waals surface area contributed by atoms with Crippen LogP contribution < -0.4 is 0 Å². The lowest BCUT2D eigenvalue weighted by atomic mass is 10.2. The van der Waals surface area contributed by atoms with Crippen molar-refractivity contribution in [1.29, 1.82) is 5.26 Å². The summed E-state index contributed by atoms with van der Waals surface area (Å²) in [6.07, 6.45) is 2.26. The summed E-state index contributed by atoms with van der Waals surface area (Å²) in [5, 5.41) is 8.78. The average molecular weight is 249 g/mol. The number of nitrogens with zero attached hydrogens (tertiary/aromatic N) is 1. The smallest absolute Gasteiger partial charge is 0.0991 e. The number of nitriles is 1. The van der Waals surface area contributed by atoms with Crippen molar-refractivity contribution in [2.24, 2.45) is 0 Å². The van der Waals surface area contributed by atoms with Gasteiger partial charge in [0.25, 0.3) is 0 Å². The normalized spacial score (nSPS) is 21.0. The summed E-state index contributed by atoms with van der Waals surface area (Å²) < 4.78 is 17.4. The van der Waals surface area contributed by atoms with E-state index < -0.39 is 10.8 Å². The minimum Gasteiger partial charge on any atom is -0.377 e. The van der Waals surface area contributed by atoms with Crippen LogP contribution in [0.4, 0.5) is 0 Å². The molecule has 1 heterocycles. The van der Waals surface area contributed by atoms with E-state index in [-0.39, 0.29) is 6.10 Å². The zero-order valence-corrected chi connectivity index (χ0v) is 10.4. The summed E-state index contributed by atoms with van der Waals surface area (Å²) in [5.41, 5.74) is 1.58. The molecule has 2 atom stereocenters. The third-order valence-electron chi connectivity index (χ3n) is 2.78. The highest BCUT2D eigenvalue weighted by molar-refractivity contribution is 7.84. The fourth-order valence-electron chi connectivity index (χ4n) is 1.96. The van der Waals surface area contributed by atoms with Crippen LogP contribution in [-0.4, -0.2) is 22.7 Å². The van der Waals surface area contributed by atoms with Crippen molar-refractivity contribution in [3.8, 4) is 6.07 Å². The van der Waals surface area contributed by atoms with Crippen LogP contribution in [0.25, 0.3) is 0 Å². The summed E-state index contributed by atoms with van der Waals surface area (Å²) in [4.78, 5) is 0. The molecule has 90 valence electrons. The maximum absolute atomic E-state index is 11.9. The Labute approximate surface area is 104 Å². The first-order valence-corrected chi connectivity index (χ1v) is 7.22. The molecule has 17 heavy (non-hydrogen) atoms. The first-order chi connectivity index (χ1) is 8.28. The molecular weight excluding hydrogens is 234 g/mol. The number of rotatable bonds is 4. The zero-order chi connectivity index (χ0) is 12.1. The molecule has 3 nitrogen and oxygen atoms in total. The zero-order valence-electron chi connectivity index (χ0n) is 9.59. The Balaban J connectivity index is 1.91.